The van der Waals surface area contributed by atoms with Crippen LogP contribution in [0.1, 0.15) is 47.6 Å². The van der Waals surface area contributed by atoms with Crippen LogP contribution in [-0.2, 0) is 6.42 Å². The fourth-order valence-electron chi connectivity index (χ4n) is 3.95. The third-order valence-corrected chi connectivity index (χ3v) is 4.90. The number of benzene rings is 2. The van der Waals surface area contributed by atoms with Crippen molar-refractivity contribution in [2.75, 3.05) is 0 Å². The Morgan fingerprint density at radius 2 is 1.74 bits per heavy atom. The molecule has 0 aliphatic heterocycles. The summed E-state index contributed by atoms with van der Waals surface area (Å²) in [7, 11) is 0. The molecule has 2 aliphatic carbocycles. The van der Waals surface area contributed by atoms with Gasteiger partial charge in [0.1, 0.15) is 0 Å². The monoisotopic (exact) mass is 298 g/mol. The van der Waals surface area contributed by atoms with Crippen LogP contribution in [0.15, 0.2) is 60.2 Å². The third kappa shape index (κ3) is 2.39. The van der Waals surface area contributed by atoms with E-state index in [-0.39, 0.29) is 0 Å². The molecule has 0 N–H and O–H groups in total. The minimum atomic E-state index is 0.441. The van der Waals surface area contributed by atoms with Crippen molar-refractivity contribution in [1.82, 2.24) is 0 Å². The van der Waals surface area contributed by atoms with Gasteiger partial charge in [-0.05, 0) is 66.1 Å². The van der Waals surface area contributed by atoms with Crippen LogP contribution in [0.5, 0.6) is 0 Å². The van der Waals surface area contributed by atoms with Crippen molar-refractivity contribution in [2.24, 2.45) is 0 Å². The largest absolute Gasteiger partial charge is 0.0758 e. The average Bonchev–Trinajstić information content (AvgIpc) is 3.13. The molecule has 0 heterocycles. The lowest BCUT2D eigenvalue weighted by Crippen LogP contribution is -1.99. The molecule has 4 rings (SSSR count). The number of rotatable bonds is 2. The van der Waals surface area contributed by atoms with Gasteiger partial charge in [0.15, 0.2) is 0 Å². The molecule has 0 heteroatoms. The topological polar surface area (TPSA) is 0 Å². The molecule has 0 spiro atoms. The van der Waals surface area contributed by atoms with Gasteiger partial charge in [-0.1, -0.05) is 66.3 Å². The first-order chi connectivity index (χ1) is 11.1. The van der Waals surface area contributed by atoms with Crippen molar-refractivity contribution < 1.29 is 0 Å². The van der Waals surface area contributed by atoms with E-state index in [1.165, 1.54) is 44.5 Å². The van der Waals surface area contributed by atoms with Crippen molar-refractivity contribution >= 4 is 6.08 Å². The summed E-state index contributed by atoms with van der Waals surface area (Å²) in [4.78, 5) is 0. The molecule has 2 aliphatic rings. The fourth-order valence-corrected chi connectivity index (χ4v) is 3.95. The standard InChI is InChI=1S/C23H22/c1-15(2)12-17-9-11-20-19(13-17)14-22-21(20)10-8-16(3)23(22)18-6-4-5-7-18/h4-13,18H,14H2,1-3H3. The smallest absolute Gasteiger partial charge is 0.0210 e. The molecule has 2 aromatic carbocycles. The average molecular weight is 298 g/mol. The summed E-state index contributed by atoms with van der Waals surface area (Å²) in [5.41, 5.74) is 11.4. The van der Waals surface area contributed by atoms with Crippen LogP contribution in [0.25, 0.3) is 17.2 Å². The van der Waals surface area contributed by atoms with E-state index in [1.807, 2.05) is 0 Å². The molecule has 2 aromatic rings. The molecule has 0 nitrogen and oxygen atoms in total. The van der Waals surface area contributed by atoms with Crippen molar-refractivity contribution in [3.05, 3.63) is 88.0 Å². The maximum atomic E-state index is 2.36. The van der Waals surface area contributed by atoms with E-state index in [1.54, 1.807) is 0 Å². The fraction of sp³-hybridized carbons (Fsp3) is 0.217. The first kappa shape index (κ1) is 14.3. The van der Waals surface area contributed by atoms with E-state index in [0.29, 0.717) is 5.92 Å². The van der Waals surface area contributed by atoms with E-state index in [0.717, 1.165) is 6.42 Å². The Labute approximate surface area is 138 Å². The van der Waals surface area contributed by atoms with Crippen LogP contribution in [0.3, 0.4) is 0 Å². The van der Waals surface area contributed by atoms with Crippen molar-refractivity contribution in [3.8, 4) is 11.1 Å². The predicted molar refractivity (Wildman–Crippen MR) is 99.8 cm³/mol. The zero-order chi connectivity index (χ0) is 16.0. The Morgan fingerprint density at radius 1 is 1.00 bits per heavy atom. The second-order valence-electron chi connectivity index (χ2n) is 6.93. The maximum Gasteiger partial charge on any atom is 0.0210 e. The molecule has 0 bridgehead atoms. The van der Waals surface area contributed by atoms with Gasteiger partial charge in [-0.15, -0.1) is 0 Å². The van der Waals surface area contributed by atoms with Gasteiger partial charge >= 0.3 is 0 Å². The highest BCUT2D eigenvalue weighted by Crippen LogP contribution is 2.43. The second-order valence-corrected chi connectivity index (χ2v) is 6.93. The lowest BCUT2D eigenvalue weighted by Gasteiger charge is -2.16. The van der Waals surface area contributed by atoms with Gasteiger partial charge in [-0.3, -0.25) is 0 Å². The number of aryl methyl sites for hydroxylation is 1. The minimum absolute atomic E-state index is 0.441. The number of fused-ring (bicyclic) bond motifs is 3. The lowest BCUT2D eigenvalue weighted by atomic mass is 9.88. The quantitative estimate of drug-likeness (QED) is 0.528. The van der Waals surface area contributed by atoms with Gasteiger partial charge in [-0.2, -0.15) is 0 Å². The van der Waals surface area contributed by atoms with Gasteiger partial charge < -0.3 is 0 Å². The van der Waals surface area contributed by atoms with E-state index in [9.17, 15) is 0 Å². The summed E-state index contributed by atoms with van der Waals surface area (Å²) in [6.07, 6.45) is 12.3. The van der Waals surface area contributed by atoms with Crippen LogP contribution < -0.4 is 0 Å². The third-order valence-electron chi connectivity index (χ3n) is 4.90. The summed E-state index contributed by atoms with van der Waals surface area (Å²) < 4.78 is 0. The molecule has 0 radical (unpaired) electrons. The first-order valence-electron chi connectivity index (χ1n) is 8.39. The van der Waals surface area contributed by atoms with Gasteiger partial charge in [0.25, 0.3) is 0 Å². The Hall–Kier alpha value is -2.34. The lowest BCUT2D eigenvalue weighted by molar-refractivity contribution is 1.03. The molecular formula is C23H22. The predicted octanol–water partition coefficient (Wildman–Crippen LogP) is 6.20. The Balaban J connectivity index is 1.84. The molecule has 114 valence electrons. The maximum absolute atomic E-state index is 2.36. The Morgan fingerprint density at radius 3 is 2.48 bits per heavy atom. The molecule has 0 fully saturated rings. The molecule has 0 saturated carbocycles. The SMILES string of the molecule is CC(C)=Cc1ccc2c(c1)Cc1c-2ccc(C)c1C1C=CC=C1. The number of hydrogen-bond donors (Lipinski definition) is 0. The van der Waals surface area contributed by atoms with E-state index >= 15 is 0 Å². The summed E-state index contributed by atoms with van der Waals surface area (Å²) in [6.45, 7) is 6.55. The van der Waals surface area contributed by atoms with Crippen LogP contribution in [0, 0.1) is 6.92 Å². The van der Waals surface area contributed by atoms with Crippen LogP contribution in [0.2, 0.25) is 0 Å². The molecule has 0 unspecified atom stereocenters. The number of allylic oxidation sites excluding steroid dienone is 5. The Kier molecular flexibility index (Phi) is 3.34. The summed E-state index contributed by atoms with van der Waals surface area (Å²) in [5.74, 6) is 0.441. The summed E-state index contributed by atoms with van der Waals surface area (Å²) in [5, 5.41) is 0. The van der Waals surface area contributed by atoms with E-state index in [2.05, 4.69) is 81.5 Å². The van der Waals surface area contributed by atoms with Crippen LogP contribution >= 0.6 is 0 Å². The molecule has 0 saturated heterocycles. The van der Waals surface area contributed by atoms with Crippen molar-refractivity contribution in [3.63, 3.8) is 0 Å². The molecule has 0 amide bonds. The normalized spacial score (nSPS) is 14.9. The molecule has 23 heavy (non-hydrogen) atoms. The molecule has 0 atom stereocenters. The highest BCUT2D eigenvalue weighted by Gasteiger charge is 2.25. The molecular weight excluding hydrogens is 276 g/mol. The van der Waals surface area contributed by atoms with Gasteiger partial charge in [0.05, 0.1) is 0 Å². The first-order valence-corrected chi connectivity index (χ1v) is 8.39. The highest BCUT2D eigenvalue weighted by molar-refractivity contribution is 5.80. The van der Waals surface area contributed by atoms with E-state index in [4.69, 9.17) is 0 Å². The summed E-state index contributed by atoms with van der Waals surface area (Å²) >= 11 is 0. The highest BCUT2D eigenvalue weighted by atomic mass is 14.3. The number of hydrogen-bond acceptors (Lipinski definition) is 0. The van der Waals surface area contributed by atoms with Crippen LogP contribution in [-0.4, -0.2) is 0 Å². The zero-order valence-electron chi connectivity index (χ0n) is 14.1. The zero-order valence-corrected chi connectivity index (χ0v) is 14.1. The summed E-state index contributed by atoms with van der Waals surface area (Å²) in [6, 6.07) is 11.5. The van der Waals surface area contributed by atoms with Gasteiger partial charge in [0, 0.05) is 5.92 Å². The second kappa shape index (κ2) is 5.38. The Bertz CT molecular complexity index is 859. The van der Waals surface area contributed by atoms with Crippen molar-refractivity contribution in [2.45, 2.75) is 33.1 Å². The molecule has 0 aromatic heterocycles. The van der Waals surface area contributed by atoms with Gasteiger partial charge in [0.2, 0.25) is 0 Å². The minimum Gasteiger partial charge on any atom is -0.0758 e. The van der Waals surface area contributed by atoms with E-state index < -0.39 is 0 Å². The van der Waals surface area contributed by atoms with Crippen LogP contribution in [0.4, 0.5) is 0 Å². The van der Waals surface area contributed by atoms with Crippen molar-refractivity contribution in [1.29, 1.82) is 0 Å². The van der Waals surface area contributed by atoms with Gasteiger partial charge in [-0.25, -0.2) is 0 Å².